The van der Waals surface area contributed by atoms with Crippen LogP contribution in [0.4, 0.5) is 5.69 Å². The molecule has 1 atom stereocenters. The largest absolute Gasteiger partial charge is 0.497 e. The van der Waals surface area contributed by atoms with E-state index in [0.717, 1.165) is 28.3 Å². The standard InChI is InChI=1S/C19H23NO2S/c1-5-15-8-6-7-13(2)18(15)20-19(21)14(3)23-17-11-9-16(22-4)10-12-17/h6-12,14H,5H2,1-4H3,(H,20,21)/t14-/m1/s1. The number of amides is 1. The maximum atomic E-state index is 12.5. The molecule has 23 heavy (non-hydrogen) atoms. The van der Waals surface area contributed by atoms with Crippen LogP contribution in [0.5, 0.6) is 5.75 Å². The summed E-state index contributed by atoms with van der Waals surface area (Å²) in [6.07, 6.45) is 0.900. The second-order valence-corrected chi connectivity index (χ2v) is 6.80. The van der Waals surface area contributed by atoms with E-state index in [2.05, 4.69) is 18.3 Å². The Morgan fingerprint density at radius 1 is 1.22 bits per heavy atom. The first-order chi connectivity index (χ1) is 11.0. The third kappa shape index (κ3) is 4.52. The Morgan fingerprint density at radius 3 is 2.52 bits per heavy atom. The van der Waals surface area contributed by atoms with Crippen molar-refractivity contribution in [2.45, 2.75) is 37.3 Å². The van der Waals surface area contributed by atoms with E-state index in [9.17, 15) is 4.79 Å². The minimum Gasteiger partial charge on any atom is -0.497 e. The lowest BCUT2D eigenvalue weighted by atomic mass is 10.1. The van der Waals surface area contributed by atoms with Crippen molar-refractivity contribution < 1.29 is 9.53 Å². The predicted octanol–water partition coefficient (Wildman–Crippen LogP) is 4.69. The normalized spacial score (nSPS) is 11.8. The number of benzene rings is 2. The van der Waals surface area contributed by atoms with Gasteiger partial charge in [0, 0.05) is 10.6 Å². The first-order valence-corrected chi connectivity index (χ1v) is 8.63. The van der Waals surface area contributed by atoms with Crippen molar-refractivity contribution in [3.8, 4) is 5.75 Å². The van der Waals surface area contributed by atoms with Gasteiger partial charge in [0.25, 0.3) is 0 Å². The van der Waals surface area contributed by atoms with E-state index >= 15 is 0 Å². The summed E-state index contributed by atoms with van der Waals surface area (Å²) >= 11 is 1.54. The maximum absolute atomic E-state index is 12.5. The van der Waals surface area contributed by atoms with Crippen LogP contribution in [-0.4, -0.2) is 18.3 Å². The van der Waals surface area contributed by atoms with Gasteiger partial charge in [-0.3, -0.25) is 4.79 Å². The molecule has 3 nitrogen and oxygen atoms in total. The first kappa shape index (κ1) is 17.4. The van der Waals surface area contributed by atoms with Crippen LogP contribution in [0.1, 0.15) is 25.0 Å². The van der Waals surface area contributed by atoms with Gasteiger partial charge in [-0.2, -0.15) is 0 Å². The molecule has 0 aromatic heterocycles. The average Bonchev–Trinajstić information content (AvgIpc) is 2.57. The second kappa shape index (κ2) is 8.06. The van der Waals surface area contributed by atoms with Crippen LogP contribution in [-0.2, 0) is 11.2 Å². The molecule has 0 fully saturated rings. The molecule has 2 rings (SSSR count). The van der Waals surface area contributed by atoms with Crippen LogP contribution in [0.2, 0.25) is 0 Å². The highest BCUT2D eigenvalue weighted by atomic mass is 32.2. The van der Waals surface area contributed by atoms with Crippen molar-refractivity contribution in [1.29, 1.82) is 0 Å². The Labute approximate surface area is 142 Å². The zero-order valence-electron chi connectivity index (χ0n) is 14.1. The number of aryl methyl sites for hydroxylation is 2. The van der Waals surface area contributed by atoms with Gasteiger partial charge >= 0.3 is 0 Å². The number of carbonyl (C=O) groups excluding carboxylic acids is 1. The maximum Gasteiger partial charge on any atom is 0.237 e. The molecule has 2 aromatic rings. The zero-order chi connectivity index (χ0) is 16.8. The summed E-state index contributed by atoms with van der Waals surface area (Å²) in [5.41, 5.74) is 3.21. The summed E-state index contributed by atoms with van der Waals surface area (Å²) in [4.78, 5) is 13.6. The number of para-hydroxylation sites is 1. The summed E-state index contributed by atoms with van der Waals surface area (Å²) < 4.78 is 5.15. The van der Waals surface area contributed by atoms with E-state index in [0.29, 0.717) is 0 Å². The smallest absolute Gasteiger partial charge is 0.237 e. The van der Waals surface area contributed by atoms with Crippen LogP contribution < -0.4 is 10.1 Å². The Hall–Kier alpha value is -1.94. The molecule has 2 aromatic carbocycles. The van der Waals surface area contributed by atoms with Crippen molar-refractivity contribution >= 4 is 23.4 Å². The Bertz CT molecular complexity index is 668. The van der Waals surface area contributed by atoms with Gasteiger partial charge in [-0.05, 0) is 55.7 Å². The molecule has 122 valence electrons. The van der Waals surface area contributed by atoms with E-state index in [1.807, 2.05) is 50.2 Å². The van der Waals surface area contributed by atoms with Crippen LogP contribution in [0.25, 0.3) is 0 Å². The molecule has 0 spiro atoms. The van der Waals surface area contributed by atoms with Gasteiger partial charge < -0.3 is 10.1 Å². The van der Waals surface area contributed by atoms with E-state index in [1.165, 1.54) is 5.56 Å². The number of carbonyl (C=O) groups is 1. The van der Waals surface area contributed by atoms with E-state index in [-0.39, 0.29) is 11.2 Å². The fourth-order valence-corrected chi connectivity index (χ4v) is 3.21. The third-order valence-electron chi connectivity index (χ3n) is 3.73. The van der Waals surface area contributed by atoms with Gasteiger partial charge in [0.05, 0.1) is 12.4 Å². The number of hydrogen-bond donors (Lipinski definition) is 1. The fraction of sp³-hybridized carbons (Fsp3) is 0.316. The molecular formula is C19H23NO2S. The lowest BCUT2D eigenvalue weighted by Crippen LogP contribution is -2.23. The van der Waals surface area contributed by atoms with Crippen molar-refractivity contribution in [3.63, 3.8) is 0 Å². The molecule has 1 amide bonds. The minimum atomic E-state index is -0.173. The third-order valence-corrected chi connectivity index (χ3v) is 4.84. The van der Waals surface area contributed by atoms with E-state index in [4.69, 9.17) is 4.74 Å². The van der Waals surface area contributed by atoms with E-state index in [1.54, 1.807) is 18.9 Å². The zero-order valence-corrected chi connectivity index (χ0v) is 14.9. The quantitative estimate of drug-likeness (QED) is 0.782. The molecule has 0 aliphatic heterocycles. The molecule has 0 aliphatic carbocycles. The number of methoxy groups -OCH3 is 1. The van der Waals surface area contributed by atoms with Crippen LogP contribution in [0.3, 0.4) is 0 Å². The second-order valence-electron chi connectivity index (χ2n) is 5.39. The first-order valence-electron chi connectivity index (χ1n) is 7.75. The van der Waals surface area contributed by atoms with Gasteiger partial charge in [-0.1, -0.05) is 25.1 Å². The highest BCUT2D eigenvalue weighted by Gasteiger charge is 2.16. The highest BCUT2D eigenvalue weighted by molar-refractivity contribution is 8.00. The fourth-order valence-electron chi connectivity index (χ4n) is 2.34. The number of hydrogen-bond acceptors (Lipinski definition) is 3. The molecule has 0 bridgehead atoms. The van der Waals surface area contributed by atoms with Crippen LogP contribution in [0.15, 0.2) is 47.4 Å². The highest BCUT2D eigenvalue weighted by Crippen LogP contribution is 2.27. The molecule has 0 radical (unpaired) electrons. The summed E-state index contributed by atoms with van der Waals surface area (Å²) in [6, 6.07) is 13.9. The molecular weight excluding hydrogens is 306 g/mol. The monoisotopic (exact) mass is 329 g/mol. The van der Waals surface area contributed by atoms with Gasteiger partial charge in [0.1, 0.15) is 5.75 Å². The number of thioether (sulfide) groups is 1. The Balaban J connectivity index is 2.05. The van der Waals surface area contributed by atoms with Crippen LogP contribution >= 0.6 is 11.8 Å². The average molecular weight is 329 g/mol. The SMILES string of the molecule is CCc1cccc(C)c1NC(=O)[C@@H](C)Sc1ccc(OC)cc1. The van der Waals surface area contributed by atoms with Crippen molar-refractivity contribution in [2.75, 3.05) is 12.4 Å². The van der Waals surface area contributed by atoms with Crippen molar-refractivity contribution in [1.82, 2.24) is 0 Å². The summed E-state index contributed by atoms with van der Waals surface area (Å²) in [5.74, 6) is 0.841. The number of ether oxygens (including phenoxy) is 1. The van der Waals surface area contributed by atoms with Gasteiger partial charge in [0.15, 0.2) is 0 Å². The van der Waals surface area contributed by atoms with Crippen LogP contribution in [0, 0.1) is 6.92 Å². The molecule has 0 unspecified atom stereocenters. The number of anilines is 1. The van der Waals surface area contributed by atoms with Gasteiger partial charge in [-0.15, -0.1) is 11.8 Å². The lowest BCUT2D eigenvalue weighted by molar-refractivity contribution is -0.115. The molecule has 0 aliphatic rings. The van der Waals surface area contributed by atoms with Crippen molar-refractivity contribution in [2.24, 2.45) is 0 Å². The Morgan fingerprint density at radius 2 is 1.91 bits per heavy atom. The summed E-state index contributed by atoms with van der Waals surface area (Å²) in [5, 5.41) is 2.91. The van der Waals surface area contributed by atoms with Gasteiger partial charge in [0.2, 0.25) is 5.91 Å². The molecule has 4 heteroatoms. The number of rotatable bonds is 6. The molecule has 0 saturated carbocycles. The minimum absolute atomic E-state index is 0.0230. The number of nitrogens with one attached hydrogen (secondary N) is 1. The summed E-state index contributed by atoms with van der Waals surface area (Å²) in [6.45, 7) is 6.05. The molecule has 0 saturated heterocycles. The molecule has 1 N–H and O–H groups in total. The van der Waals surface area contributed by atoms with Gasteiger partial charge in [-0.25, -0.2) is 0 Å². The lowest BCUT2D eigenvalue weighted by Gasteiger charge is -2.16. The van der Waals surface area contributed by atoms with E-state index < -0.39 is 0 Å². The molecule has 0 heterocycles. The van der Waals surface area contributed by atoms with Crippen molar-refractivity contribution in [3.05, 3.63) is 53.6 Å². The summed E-state index contributed by atoms with van der Waals surface area (Å²) in [7, 11) is 1.64. The topological polar surface area (TPSA) is 38.3 Å². The Kier molecular flexibility index (Phi) is 6.11. The predicted molar refractivity (Wildman–Crippen MR) is 97.5 cm³/mol.